The van der Waals surface area contributed by atoms with Crippen LogP contribution in [0.25, 0.3) is 0 Å². The molecule has 8 nitrogen and oxygen atoms in total. The van der Waals surface area contributed by atoms with Crippen molar-refractivity contribution in [1.29, 1.82) is 0 Å². The van der Waals surface area contributed by atoms with E-state index in [1.807, 2.05) is 18.2 Å². The Hall–Kier alpha value is -3.29. The number of unbranched alkanes of at least 4 members (excludes halogenated alkanes) is 1. The van der Waals surface area contributed by atoms with Crippen molar-refractivity contribution in [2.75, 3.05) is 19.8 Å². The first-order valence-electron chi connectivity index (χ1n) is 18.2. The lowest BCUT2D eigenvalue weighted by molar-refractivity contribution is -0.161. The fourth-order valence-corrected chi connectivity index (χ4v) is 4.78. The van der Waals surface area contributed by atoms with E-state index in [4.69, 9.17) is 18.5 Å². The Morgan fingerprint density at radius 3 is 1.40 bits per heavy atom. The van der Waals surface area contributed by atoms with Crippen LogP contribution < -0.4 is 0 Å². The molecule has 0 aromatic heterocycles. The Bertz CT molecular complexity index is 1170. The first kappa shape index (κ1) is 46.7. The second kappa shape index (κ2) is 35.5. The molecule has 2 unspecified atom stereocenters. The van der Waals surface area contributed by atoms with Crippen molar-refractivity contribution >= 4 is 19.8 Å². The molecule has 0 aliphatic carbocycles. The number of carbonyl (C=O) groups is 2. The van der Waals surface area contributed by atoms with E-state index < -0.39 is 32.5 Å². The average Bonchev–Trinajstić information content (AvgIpc) is 3.09. The van der Waals surface area contributed by atoms with E-state index in [2.05, 4.69) is 105 Å². The molecule has 1 N–H and O–H groups in total. The predicted octanol–water partition coefficient (Wildman–Crippen LogP) is 11.1. The van der Waals surface area contributed by atoms with Crippen LogP contribution in [0.2, 0.25) is 0 Å². The second-order valence-electron chi connectivity index (χ2n) is 11.1. The fourth-order valence-electron chi connectivity index (χ4n) is 4.03. The number of ether oxygens (including phenoxy) is 2. The Kier molecular flexibility index (Phi) is 33.2. The van der Waals surface area contributed by atoms with E-state index in [0.717, 1.165) is 57.8 Å². The molecule has 0 fully saturated rings. The zero-order valence-electron chi connectivity index (χ0n) is 30.7. The number of esters is 2. The van der Waals surface area contributed by atoms with E-state index in [1.165, 1.54) is 0 Å². The third-order valence-electron chi connectivity index (χ3n) is 6.59. The molecule has 0 aliphatic heterocycles. The van der Waals surface area contributed by atoms with Gasteiger partial charge in [0.2, 0.25) is 0 Å². The number of phosphoric ester groups is 1. The topological polar surface area (TPSA) is 108 Å². The van der Waals surface area contributed by atoms with Crippen molar-refractivity contribution in [3.05, 3.63) is 109 Å². The SMILES string of the molecule is CC/C=C\C/C=C\C/C=C\C/C=C\C/C=C\CCCC(=O)OC(COC(=O)CC/C=C\C/C=C\C/C=C\C/C=C\CC)COP(=O)(O)OCC. The van der Waals surface area contributed by atoms with Gasteiger partial charge in [-0.25, -0.2) is 4.57 Å². The number of rotatable bonds is 31. The summed E-state index contributed by atoms with van der Waals surface area (Å²) in [5.74, 6) is -0.977. The minimum Gasteiger partial charge on any atom is -0.462 e. The first-order valence-corrected chi connectivity index (χ1v) is 19.7. The van der Waals surface area contributed by atoms with E-state index in [9.17, 15) is 19.0 Å². The monoisotopic (exact) mass is 714 g/mol. The molecule has 0 saturated carbocycles. The molecule has 0 rings (SSSR count). The molecule has 0 radical (unpaired) electrons. The van der Waals surface area contributed by atoms with Crippen molar-refractivity contribution < 1.29 is 37.6 Å². The molecule has 0 bridgehead atoms. The Balaban J connectivity index is 4.42. The molecule has 50 heavy (non-hydrogen) atoms. The van der Waals surface area contributed by atoms with Gasteiger partial charge in [-0.15, -0.1) is 0 Å². The van der Waals surface area contributed by atoms with Gasteiger partial charge in [0.25, 0.3) is 0 Å². The molecule has 280 valence electrons. The van der Waals surface area contributed by atoms with Gasteiger partial charge < -0.3 is 14.4 Å². The third kappa shape index (κ3) is 34.6. The van der Waals surface area contributed by atoms with Crippen molar-refractivity contribution in [2.24, 2.45) is 0 Å². The van der Waals surface area contributed by atoms with Gasteiger partial charge in [0, 0.05) is 12.8 Å². The Morgan fingerprint density at radius 1 is 0.540 bits per heavy atom. The summed E-state index contributed by atoms with van der Waals surface area (Å²) in [6.07, 6.45) is 47.4. The molecule has 0 saturated heterocycles. The number of hydrogen-bond donors (Lipinski definition) is 1. The van der Waals surface area contributed by atoms with E-state index >= 15 is 0 Å². The van der Waals surface area contributed by atoms with Gasteiger partial charge in [-0.05, 0) is 84.0 Å². The normalized spacial score (nSPS) is 14.7. The van der Waals surface area contributed by atoms with Gasteiger partial charge in [0.1, 0.15) is 6.61 Å². The van der Waals surface area contributed by atoms with Crippen molar-refractivity contribution in [2.45, 2.75) is 117 Å². The quantitative estimate of drug-likeness (QED) is 0.0327. The van der Waals surface area contributed by atoms with Crippen LogP contribution in [-0.2, 0) is 32.7 Å². The predicted molar refractivity (Wildman–Crippen MR) is 206 cm³/mol. The maximum Gasteiger partial charge on any atom is 0.472 e. The highest BCUT2D eigenvalue weighted by Gasteiger charge is 2.25. The van der Waals surface area contributed by atoms with Crippen molar-refractivity contribution in [3.8, 4) is 0 Å². The molecular formula is C41H63O8P. The largest absolute Gasteiger partial charge is 0.472 e. The summed E-state index contributed by atoms with van der Waals surface area (Å²) in [6.45, 7) is 5.04. The van der Waals surface area contributed by atoms with Crippen LogP contribution in [0.5, 0.6) is 0 Å². The molecule has 0 heterocycles. The summed E-state index contributed by atoms with van der Waals surface area (Å²) in [4.78, 5) is 34.5. The molecule has 2 atom stereocenters. The molecular weight excluding hydrogens is 651 g/mol. The van der Waals surface area contributed by atoms with Crippen molar-refractivity contribution in [1.82, 2.24) is 0 Å². The molecule has 0 aliphatic rings. The van der Waals surface area contributed by atoms with Crippen LogP contribution in [0.3, 0.4) is 0 Å². The van der Waals surface area contributed by atoms with E-state index in [0.29, 0.717) is 19.3 Å². The van der Waals surface area contributed by atoms with Crippen LogP contribution in [0.1, 0.15) is 111 Å². The third-order valence-corrected chi connectivity index (χ3v) is 7.65. The summed E-state index contributed by atoms with van der Waals surface area (Å²) < 4.78 is 32.3. The van der Waals surface area contributed by atoms with Crippen LogP contribution in [-0.4, -0.2) is 42.8 Å². The van der Waals surface area contributed by atoms with Gasteiger partial charge in [0.05, 0.1) is 13.2 Å². The van der Waals surface area contributed by atoms with Crippen LogP contribution in [0.15, 0.2) is 109 Å². The van der Waals surface area contributed by atoms with Gasteiger partial charge in [-0.2, -0.15) is 0 Å². The van der Waals surface area contributed by atoms with Crippen LogP contribution in [0, 0.1) is 0 Å². The zero-order chi connectivity index (χ0) is 36.8. The summed E-state index contributed by atoms with van der Waals surface area (Å²) in [6, 6.07) is 0. The van der Waals surface area contributed by atoms with Gasteiger partial charge in [0.15, 0.2) is 6.10 Å². The summed E-state index contributed by atoms with van der Waals surface area (Å²) in [5.41, 5.74) is 0. The average molecular weight is 715 g/mol. The molecule has 0 aromatic carbocycles. The Morgan fingerprint density at radius 2 is 0.960 bits per heavy atom. The van der Waals surface area contributed by atoms with Crippen molar-refractivity contribution in [3.63, 3.8) is 0 Å². The van der Waals surface area contributed by atoms with Gasteiger partial charge >= 0.3 is 19.8 Å². The zero-order valence-corrected chi connectivity index (χ0v) is 31.6. The van der Waals surface area contributed by atoms with Crippen LogP contribution >= 0.6 is 7.82 Å². The van der Waals surface area contributed by atoms with Crippen LogP contribution in [0.4, 0.5) is 0 Å². The summed E-state index contributed by atoms with van der Waals surface area (Å²) in [7, 11) is -4.31. The fraction of sp³-hybridized carbons (Fsp3) is 0.512. The first-order chi connectivity index (χ1) is 24.3. The maximum atomic E-state index is 12.5. The number of hydrogen-bond acceptors (Lipinski definition) is 7. The highest BCUT2D eigenvalue weighted by molar-refractivity contribution is 7.47. The van der Waals surface area contributed by atoms with Gasteiger partial charge in [-0.3, -0.25) is 18.6 Å². The van der Waals surface area contributed by atoms with E-state index in [1.54, 1.807) is 6.92 Å². The van der Waals surface area contributed by atoms with Gasteiger partial charge in [-0.1, -0.05) is 123 Å². The number of carbonyl (C=O) groups excluding carboxylic acids is 2. The minimum absolute atomic E-state index is 0.0275. The maximum absolute atomic E-state index is 12.5. The standard InChI is InChI=1S/C41H63O8P/c1-4-7-9-11-13-15-17-19-20-21-22-24-26-28-30-32-34-36-41(43)49-39(38-48-50(44,45)47-6-3)37-46-40(42)35-33-31-29-27-25-23-18-16-14-12-10-8-5-2/h7-10,13-16,19-20,22-25,28-31,39H,4-6,11-12,17-18,21,26-27,32-38H2,1-3H3,(H,44,45)/b9-7-,10-8-,15-13-,16-14-,20-19-,24-22-,25-23-,30-28-,31-29-. The van der Waals surface area contributed by atoms with E-state index in [-0.39, 0.29) is 26.1 Å². The number of phosphoric acid groups is 1. The molecule has 0 amide bonds. The lowest BCUT2D eigenvalue weighted by Crippen LogP contribution is -2.29. The summed E-state index contributed by atoms with van der Waals surface area (Å²) >= 11 is 0. The molecule has 0 spiro atoms. The highest BCUT2D eigenvalue weighted by atomic mass is 31.2. The molecule has 0 aromatic rings. The smallest absolute Gasteiger partial charge is 0.462 e. The lowest BCUT2D eigenvalue weighted by atomic mass is 10.2. The Labute approximate surface area is 302 Å². The minimum atomic E-state index is -4.31. The lowest BCUT2D eigenvalue weighted by Gasteiger charge is -2.19. The second-order valence-corrected chi connectivity index (χ2v) is 12.6. The molecule has 9 heteroatoms. The summed E-state index contributed by atoms with van der Waals surface area (Å²) in [5, 5.41) is 0. The highest BCUT2D eigenvalue weighted by Crippen LogP contribution is 2.43. The number of allylic oxidation sites excluding steroid dienone is 18.